The van der Waals surface area contributed by atoms with E-state index in [0.717, 1.165) is 13.0 Å². The molecule has 0 aliphatic rings. The molecule has 0 aliphatic heterocycles. The van der Waals surface area contributed by atoms with Gasteiger partial charge < -0.3 is 5.32 Å². The van der Waals surface area contributed by atoms with Gasteiger partial charge in [-0.3, -0.25) is 14.9 Å². The Morgan fingerprint density at radius 1 is 1.40 bits per heavy atom. The van der Waals surface area contributed by atoms with E-state index in [2.05, 4.69) is 53.2 Å². The van der Waals surface area contributed by atoms with Crippen molar-refractivity contribution >= 4 is 17.0 Å². The van der Waals surface area contributed by atoms with Crippen LogP contribution in [0.4, 0.5) is 5.95 Å². The summed E-state index contributed by atoms with van der Waals surface area (Å²) in [5, 5.41) is 10.2. The number of nitrogens with zero attached hydrogens (tertiary/aromatic N) is 2. The summed E-state index contributed by atoms with van der Waals surface area (Å²) in [6.07, 6.45) is 3.70. The van der Waals surface area contributed by atoms with Crippen molar-refractivity contribution in [2.75, 3.05) is 11.9 Å². The van der Waals surface area contributed by atoms with Crippen LogP contribution in [0.1, 0.15) is 40.5 Å². The minimum atomic E-state index is -0.172. The van der Waals surface area contributed by atoms with Crippen LogP contribution in [0.15, 0.2) is 11.0 Å². The first kappa shape index (κ1) is 14.6. The molecular formula is C14H23N5O. The Kier molecular flexibility index (Phi) is 4.11. The summed E-state index contributed by atoms with van der Waals surface area (Å²) in [4.78, 5) is 18.8. The van der Waals surface area contributed by atoms with Gasteiger partial charge in [0.2, 0.25) is 5.95 Å². The van der Waals surface area contributed by atoms with Crippen molar-refractivity contribution in [1.29, 1.82) is 0 Å². The van der Waals surface area contributed by atoms with Crippen LogP contribution in [-0.2, 0) is 0 Å². The molecule has 2 aromatic rings. The summed E-state index contributed by atoms with van der Waals surface area (Å²) in [7, 11) is 0. The van der Waals surface area contributed by atoms with Crippen molar-refractivity contribution in [1.82, 2.24) is 20.2 Å². The number of hydrogen-bond acceptors (Lipinski definition) is 4. The molecule has 2 heterocycles. The predicted octanol–water partition coefficient (Wildman–Crippen LogP) is 2.52. The average Bonchev–Trinajstić information content (AvgIpc) is 2.75. The van der Waals surface area contributed by atoms with Gasteiger partial charge in [0.15, 0.2) is 5.65 Å². The zero-order chi connectivity index (χ0) is 14.8. The first-order valence-corrected chi connectivity index (χ1v) is 7.02. The quantitative estimate of drug-likeness (QED) is 0.783. The molecule has 110 valence electrons. The number of hydrogen-bond donors (Lipinski definition) is 3. The molecule has 0 radical (unpaired) electrons. The topological polar surface area (TPSA) is 86.5 Å². The molecule has 0 saturated carbocycles. The molecule has 6 nitrogen and oxygen atoms in total. The number of aromatic nitrogens is 4. The lowest BCUT2D eigenvalue weighted by atomic mass is 9.84. The van der Waals surface area contributed by atoms with E-state index < -0.39 is 0 Å². The molecule has 1 unspecified atom stereocenters. The maximum absolute atomic E-state index is 11.7. The third-order valence-corrected chi connectivity index (χ3v) is 3.21. The molecule has 2 rings (SSSR count). The first-order chi connectivity index (χ1) is 9.35. The van der Waals surface area contributed by atoms with Crippen LogP contribution in [0, 0.1) is 11.3 Å². The first-order valence-electron chi connectivity index (χ1n) is 7.02. The van der Waals surface area contributed by atoms with Crippen molar-refractivity contribution in [2.24, 2.45) is 11.3 Å². The van der Waals surface area contributed by atoms with Crippen molar-refractivity contribution in [2.45, 2.75) is 40.5 Å². The summed E-state index contributed by atoms with van der Waals surface area (Å²) in [6, 6.07) is 0. The van der Waals surface area contributed by atoms with Crippen molar-refractivity contribution < 1.29 is 0 Å². The van der Waals surface area contributed by atoms with Gasteiger partial charge in [-0.15, -0.1) is 0 Å². The Labute approximate surface area is 118 Å². The summed E-state index contributed by atoms with van der Waals surface area (Å²) < 4.78 is 0. The Bertz CT molecular complexity index is 622. The monoisotopic (exact) mass is 277 g/mol. The molecule has 0 fully saturated rings. The van der Waals surface area contributed by atoms with Gasteiger partial charge in [-0.1, -0.05) is 27.7 Å². The summed E-state index contributed by atoms with van der Waals surface area (Å²) >= 11 is 0. The lowest BCUT2D eigenvalue weighted by molar-refractivity contribution is 0.300. The maximum atomic E-state index is 11.7. The van der Waals surface area contributed by atoms with Crippen molar-refractivity contribution in [3.63, 3.8) is 0 Å². The second kappa shape index (κ2) is 5.64. The fraction of sp³-hybridized carbons (Fsp3) is 0.643. The second-order valence-electron chi connectivity index (χ2n) is 6.63. The van der Waals surface area contributed by atoms with Gasteiger partial charge in [-0.25, -0.2) is 0 Å². The number of rotatable bonds is 5. The van der Waals surface area contributed by atoms with E-state index in [-0.39, 0.29) is 5.56 Å². The van der Waals surface area contributed by atoms with Crippen LogP contribution in [-0.4, -0.2) is 26.7 Å². The molecule has 0 aromatic carbocycles. The minimum Gasteiger partial charge on any atom is -0.356 e. The summed E-state index contributed by atoms with van der Waals surface area (Å²) in [6.45, 7) is 9.80. The second-order valence-corrected chi connectivity index (χ2v) is 6.63. The number of anilines is 1. The molecule has 2 aromatic heterocycles. The maximum Gasteiger partial charge on any atom is 0.263 e. The van der Waals surface area contributed by atoms with E-state index in [1.165, 1.54) is 12.6 Å². The SMILES string of the molecule is CC(CCNc1nc2[nH]ncc2c(=O)[nH]1)CC(C)(C)C. The molecule has 20 heavy (non-hydrogen) atoms. The molecule has 1 atom stereocenters. The average molecular weight is 277 g/mol. The van der Waals surface area contributed by atoms with Crippen LogP contribution < -0.4 is 10.9 Å². The van der Waals surface area contributed by atoms with E-state index in [9.17, 15) is 4.79 Å². The highest BCUT2D eigenvalue weighted by atomic mass is 16.1. The van der Waals surface area contributed by atoms with Crippen LogP contribution in [0.5, 0.6) is 0 Å². The van der Waals surface area contributed by atoms with E-state index in [0.29, 0.717) is 28.3 Å². The Morgan fingerprint density at radius 3 is 2.85 bits per heavy atom. The highest BCUT2D eigenvalue weighted by Gasteiger charge is 2.15. The molecule has 0 saturated heterocycles. The van der Waals surface area contributed by atoms with Gasteiger partial charge >= 0.3 is 0 Å². The fourth-order valence-electron chi connectivity index (χ4n) is 2.51. The van der Waals surface area contributed by atoms with Gasteiger partial charge in [0.1, 0.15) is 5.39 Å². The van der Waals surface area contributed by atoms with Gasteiger partial charge in [-0.2, -0.15) is 10.1 Å². The number of H-pyrrole nitrogens is 2. The molecule has 0 bridgehead atoms. The van der Waals surface area contributed by atoms with Crippen LogP contribution in [0.2, 0.25) is 0 Å². The van der Waals surface area contributed by atoms with Crippen molar-refractivity contribution in [3.05, 3.63) is 16.6 Å². The smallest absolute Gasteiger partial charge is 0.263 e. The molecular weight excluding hydrogens is 254 g/mol. The van der Waals surface area contributed by atoms with Crippen molar-refractivity contribution in [3.8, 4) is 0 Å². The van der Waals surface area contributed by atoms with Crippen LogP contribution in [0.3, 0.4) is 0 Å². The van der Waals surface area contributed by atoms with Gasteiger partial charge in [-0.05, 0) is 24.2 Å². The molecule has 0 amide bonds. The van der Waals surface area contributed by atoms with E-state index in [4.69, 9.17) is 0 Å². The predicted molar refractivity (Wildman–Crippen MR) is 80.9 cm³/mol. The summed E-state index contributed by atoms with van der Waals surface area (Å²) in [5.74, 6) is 1.12. The highest BCUT2D eigenvalue weighted by molar-refractivity contribution is 5.73. The third kappa shape index (κ3) is 3.82. The zero-order valence-corrected chi connectivity index (χ0v) is 12.6. The Hall–Kier alpha value is -1.85. The minimum absolute atomic E-state index is 0.172. The van der Waals surface area contributed by atoms with Crippen LogP contribution >= 0.6 is 0 Å². The van der Waals surface area contributed by atoms with Gasteiger partial charge in [0, 0.05) is 6.54 Å². The zero-order valence-electron chi connectivity index (χ0n) is 12.6. The molecule has 3 N–H and O–H groups in total. The Morgan fingerprint density at radius 2 is 2.15 bits per heavy atom. The van der Waals surface area contributed by atoms with E-state index in [1.54, 1.807) is 0 Å². The third-order valence-electron chi connectivity index (χ3n) is 3.21. The molecule has 0 spiro atoms. The molecule has 6 heteroatoms. The lowest BCUT2D eigenvalue weighted by Crippen LogP contribution is -2.17. The Balaban J connectivity index is 1.91. The number of nitrogens with one attached hydrogen (secondary N) is 3. The highest BCUT2D eigenvalue weighted by Crippen LogP contribution is 2.25. The summed E-state index contributed by atoms with van der Waals surface area (Å²) in [5.41, 5.74) is 0.689. The lowest BCUT2D eigenvalue weighted by Gasteiger charge is -2.23. The normalized spacial score (nSPS) is 13.6. The van der Waals surface area contributed by atoms with Gasteiger partial charge in [0.25, 0.3) is 5.56 Å². The largest absolute Gasteiger partial charge is 0.356 e. The molecule has 0 aliphatic carbocycles. The van der Waals surface area contributed by atoms with E-state index >= 15 is 0 Å². The number of aromatic amines is 2. The van der Waals surface area contributed by atoms with Crippen LogP contribution in [0.25, 0.3) is 11.0 Å². The standard InChI is InChI=1S/C14H23N5O/c1-9(7-14(2,3)4)5-6-15-13-17-11-10(8-16-19-11)12(20)18-13/h8-9H,5-7H2,1-4H3,(H3,15,16,17,18,19,20). The number of fused-ring (bicyclic) bond motifs is 1. The van der Waals surface area contributed by atoms with Gasteiger partial charge in [0.05, 0.1) is 6.20 Å². The van der Waals surface area contributed by atoms with E-state index in [1.807, 2.05) is 0 Å². The fourth-order valence-corrected chi connectivity index (χ4v) is 2.51.